The highest BCUT2D eigenvalue weighted by atomic mass is 79.9. The Balaban J connectivity index is 1.89. The smallest absolute Gasteiger partial charge is 0.261 e. The van der Waals surface area contributed by atoms with Gasteiger partial charge in [-0.3, -0.25) is 14.5 Å². The van der Waals surface area contributed by atoms with Crippen LogP contribution >= 0.6 is 39.1 Å². The zero-order valence-electron chi connectivity index (χ0n) is 15.8. The normalized spacial score (nSPS) is 14.7. The first-order valence-corrected chi connectivity index (χ1v) is 10.7. The Kier molecular flexibility index (Phi) is 6.56. The van der Waals surface area contributed by atoms with Crippen LogP contribution in [-0.4, -0.2) is 34.3 Å². The third kappa shape index (κ3) is 4.60. The fourth-order valence-corrected chi connectivity index (χ4v) is 3.94. The molecule has 2 aromatic carbocycles. The van der Waals surface area contributed by atoms with Crippen molar-refractivity contribution in [1.82, 2.24) is 4.90 Å². The van der Waals surface area contributed by atoms with E-state index in [0.717, 1.165) is 5.56 Å². The maximum atomic E-state index is 13.4. The van der Waals surface area contributed by atoms with Gasteiger partial charge in [-0.1, -0.05) is 69.5 Å². The van der Waals surface area contributed by atoms with Gasteiger partial charge in [0, 0.05) is 15.7 Å². The second kappa shape index (κ2) is 8.78. The van der Waals surface area contributed by atoms with Crippen molar-refractivity contribution in [1.29, 1.82) is 0 Å². The Hall–Kier alpha value is -2.02. The van der Waals surface area contributed by atoms with Crippen molar-refractivity contribution >= 4 is 62.2 Å². The van der Waals surface area contributed by atoms with Gasteiger partial charge in [-0.15, -0.1) is 0 Å². The number of carbonyl (C=O) groups excluding carboxylic acids is 2. The van der Waals surface area contributed by atoms with E-state index in [1.54, 1.807) is 32.0 Å². The number of allylic oxidation sites excluding steroid dienone is 1. The number of ether oxygens (including phenoxy) is 1. The summed E-state index contributed by atoms with van der Waals surface area (Å²) in [5.74, 6) is -0.126. The van der Waals surface area contributed by atoms with Crippen LogP contribution in [0.25, 0.3) is 5.57 Å². The van der Waals surface area contributed by atoms with Crippen molar-refractivity contribution in [2.45, 2.75) is 19.4 Å². The van der Waals surface area contributed by atoms with E-state index in [-0.39, 0.29) is 18.5 Å². The summed E-state index contributed by atoms with van der Waals surface area (Å²) >= 11 is 15.4. The number of benzene rings is 2. The highest BCUT2D eigenvalue weighted by Crippen LogP contribution is 2.32. The maximum absolute atomic E-state index is 13.4. The number of rotatable bonds is 5. The second-order valence-corrected chi connectivity index (χ2v) is 8.41. The fourth-order valence-electron chi connectivity index (χ4n) is 2.97. The number of anilines is 1. The topological polar surface area (TPSA) is 58.6 Å². The van der Waals surface area contributed by atoms with Gasteiger partial charge >= 0.3 is 0 Å². The number of hydrogen-bond acceptors (Lipinski definition) is 3. The van der Waals surface area contributed by atoms with Gasteiger partial charge in [-0.05, 0) is 37.6 Å². The van der Waals surface area contributed by atoms with Crippen LogP contribution in [-0.2, 0) is 14.3 Å². The third-order valence-corrected chi connectivity index (χ3v) is 5.59. The van der Waals surface area contributed by atoms with Crippen molar-refractivity contribution in [2.24, 2.45) is 0 Å². The van der Waals surface area contributed by atoms with Gasteiger partial charge in [0.15, 0.2) is 6.73 Å². The number of nitrogens with one attached hydrogen (secondary N) is 1. The number of amides is 2. The predicted molar refractivity (Wildman–Crippen MR) is 119 cm³/mol. The lowest BCUT2D eigenvalue weighted by molar-refractivity contribution is -0.147. The van der Waals surface area contributed by atoms with Crippen LogP contribution in [0.2, 0.25) is 10.0 Å². The molecule has 8 heteroatoms. The molecule has 3 rings (SSSR count). The van der Waals surface area contributed by atoms with Crippen LogP contribution in [0.15, 0.2) is 54.3 Å². The lowest BCUT2D eigenvalue weighted by atomic mass is 9.96. The van der Waals surface area contributed by atoms with Crippen molar-refractivity contribution in [2.75, 3.05) is 17.4 Å². The molecule has 0 fully saturated rings. The first-order valence-electron chi connectivity index (χ1n) is 8.81. The van der Waals surface area contributed by atoms with Gasteiger partial charge in [-0.25, -0.2) is 0 Å². The molecule has 1 aliphatic rings. The Morgan fingerprint density at radius 1 is 1.17 bits per heavy atom. The van der Waals surface area contributed by atoms with Crippen molar-refractivity contribution in [3.05, 3.63) is 69.9 Å². The summed E-state index contributed by atoms with van der Waals surface area (Å²) in [5, 5.41) is 3.98. The number of carbonyl (C=O) groups is 2. The molecule has 2 amide bonds. The van der Waals surface area contributed by atoms with E-state index < -0.39 is 5.54 Å². The van der Waals surface area contributed by atoms with Crippen LogP contribution < -0.4 is 5.32 Å². The molecule has 0 atom stereocenters. The van der Waals surface area contributed by atoms with Gasteiger partial charge < -0.3 is 10.1 Å². The first kappa shape index (κ1) is 21.7. The molecule has 1 heterocycles. The van der Waals surface area contributed by atoms with E-state index in [0.29, 0.717) is 32.4 Å². The van der Waals surface area contributed by atoms with Gasteiger partial charge in [0.1, 0.15) is 11.3 Å². The fraction of sp³-hybridized carbons (Fsp3) is 0.238. The molecule has 1 aliphatic heterocycles. The molecule has 2 aromatic rings. The minimum atomic E-state index is -1.19. The monoisotopic (exact) mass is 496 g/mol. The zero-order chi connectivity index (χ0) is 21.2. The maximum Gasteiger partial charge on any atom is 0.261 e. The van der Waals surface area contributed by atoms with Gasteiger partial charge in [0.05, 0.1) is 10.9 Å². The van der Waals surface area contributed by atoms with Crippen LogP contribution in [0.1, 0.15) is 19.4 Å². The molecule has 1 N–H and O–H groups in total. The van der Waals surface area contributed by atoms with Crippen LogP contribution in [0.5, 0.6) is 0 Å². The molecule has 0 spiro atoms. The van der Waals surface area contributed by atoms with Gasteiger partial charge in [0.25, 0.3) is 5.91 Å². The Morgan fingerprint density at radius 3 is 2.38 bits per heavy atom. The quantitative estimate of drug-likeness (QED) is 0.567. The molecule has 0 radical (unpaired) electrons. The minimum absolute atomic E-state index is 0.0349. The summed E-state index contributed by atoms with van der Waals surface area (Å²) in [7, 11) is 0. The Labute approximate surface area is 187 Å². The third-order valence-electron chi connectivity index (χ3n) is 4.64. The molecule has 0 aliphatic carbocycles. The molecule has 0 unspecified atom stereocenters. The number of halogens is 3. The molecule has 5 nitrogen and oxygen atoms in total. The predicted octanol–water partition coefficient (Wildman–Crippen LogP) is 5.33. The Morgan fingerprint density at radius 2 is 1.79 bits per heavy atom. The van der Waals surface area contributed by atoms with Crippen LogP contribution in [0, 0.1) is 0 Å². The number of nitrogens with zero attached hydrogens (tertiary/aromatic N) is 1. The van der Waals surface area contributed by atoms with E-state index in [2.05, 4.69) is 21.2 Å². The molecule has 29 heavy (non-hydrogen) atoms. The highest BCUT2D eigenvalue weighted by Gasteiger charge is 2.42. The molecular weight excluding hydrogens is 479 g/mol. The molecule has 0 saturated carbocycles. The van der Waals surface area contributed by atoms with E-state index >= 15 is 0 Å². The van der Waals surface area contributed by atoms with Crippen LogP contribution in [0.4, 0.5) is 5.69 Å². The average Bonchev–Trinajstić information content (AvgIpc) is 2.67. The summed E-state index contributed by atoms with van der Waals surface area (Å²) in [4.78, 5) is 27.8. The summed E-state index contributed by atoms with van der Waals surface area (Å²) < 4.78 is 5.82. The summed E-state index contributed by atoms with van der Waals surface area (Å²) in [6, 6.07) is 14.0. The van der Waals surface area contributed by atoms with Crippen molar-refractivity contribution in [3.8, 4) is 0 Å². The van der Waals surface area contributed by atoms with E-state index in [1.165, 1.54) is 4.90 Å². The number of hydrogen-bond donors (Lipinski definition) is 1. The molecular formula is C21H19BrCl2N2O3. The molecule has 0 aromatic heterocycles. The van der Waals surface area contributed by atoms with Crippen molar-refractivity contribution < 1.29 is 14.3 Å². The lowest BCUT2D eigenvalue weighted by Crippen LogP contribution is -2.57. The zero-order valence-corrected chi connectivity index (χ0v) is 18.9. The summed E-state index contributed by atoms with van der Waals surface area (Å²) in [6.45, 7) is 3.29. The van der Waals surface area contributed by atoms with Gasteiger partial charge in [-0.2, -0.15) is 0 Å². The highest BCUT2D eigenvalue weighted by molar-refractivity contribution is 9.09. The Bertz CT molecular complexity index is 957. The molecule has 0 saturated heterocycles. The van der Waals surface area contributed by atoms with E-state index in [9.17, 15) is 9.59 Å². The number of alkyl halides is 1. The molecule has 0 bridgehead atoms. The van der Waals surface area contributed by atoms with Crippen LogP contribution in [0.3, 0.4) is 0 Å². The largest absolute Gasteiger partial charge is 0.476 e. The summed E-state index contributed by atoms with van der Waals surface area (Å²) in [6.07, 6.45) is 0. The summed E-state index contributed by atoms with van der Waals surface area (Å²) in [5.41, 5.74) is 0.421. The van der Waals surface area contributed by atoms with Gasteiger partial charge in [0.2, 0.25) is 5.91 Å². The minimum Gasteiger partial charge on any atom is -0.476 e. The average molecular weight is 498 g/mol. The first-order chi connectivity index (χ1) is 13.7. The standard InChI is InChI=1S/C21H19BrCl2N2O3/c1-21(2,20(28)25-16-9-14(23)8-15(24)10-16)26-12-29-17(11-22)18(19(26)27)13-6-4-3-5-7-13/h3-10H,11-12H2,1-2H3,(H,25,28). The SMILES string of the molecule is CC(C)(C(=O)Nc1cc(Cl)cc(Cl)c1)N1COC(CBr)=C(c2ccccc2)C1=O. The van der Waals surface area contributed by atoms with Crippen molar-refractivity contribution in [3.63, 3.8) is 0 Å². The lowest BCUT2D eigenvalue weighted by Gasteiger charge is -2.40. The molecule has 152 valence electrons. The van der Waals surface area contributed by atoms with E-state index in [1.807, 2.05) is 30.3 Å². The van der Waals surface area contributed by atoms with E-state index in [4.69, 9.17) is 27.9 Å². The second-order valence-electron chi connectivity index (χ2n) is 6.98.